The lowest BCUT2D eigenvalue weighted by Gasteiger charge is -2.04. The summed E-state index contributed by atoms with van der Waals surface area (Å²) in [5.74, 6) is 0.703. The molecular weight excluding hydrogens is 220 g/mol. The molecule has 0 bridgehead atoms. The summed E-state index contributed by atoms with van der Waals surface area (Å²) < 4.78 is 5.03. The molecule has 16 heavy (non-hydrogen) atoms. The molecule has 1 rings (SSSR count). The van der Waals surface area contributed by atoms with E-state index in [0.717, 1.165) is 32.5 Å². The van der Waals surface area contributed by atoms with Gasteiger partial charge in [-0.05, 0) is 18.9 Å². The largest absolute Gasteiger partial charge is 0.385 e. The van der Waals surface area contributed by atoms with Crippen molar-refractivity contribution in [3.63, 3.8) is 0 Å². The molecular formula is C12H22N2OS. The van der Waals surface area contributed by atoms with E-state index < -0.39 is 0 Å². The number of nitrogens with one attached hydrogen (secondary N) is 1. The average Bonchev–Trinajstić information content (AvgIpc) is 2.66. The number of thiazole rings is 1. The van der Waals surface area contributed by atoms with Crippen molar-refractivity contribution in [2.45, 2.75) is 33.2 Å². The quantitative estimate of drug-likeness (QED) is 0.711. The topological polar surface area (TPSA) is 34.1 Å². The Kier molecular flexibility index (Phi) is 6.61. The molecule has 0 spiro atoms. The minimum Gasteiger partial charge on any atom is -0.385 e. The molecule has 0 aromatic carbocycles. The van der Waals surface area contributed by atoms with E-state index >= 15 is 0 Å². The highest BCUT2D eigenvalue weighted by molar-refractivity contribution is 7.11. The highest BCUT2D eigenvalue weighted by Gasteiger charge is 2.02. The predicted octanol–water partition coefficient (Wildman–Crippen LogP) is 2.47. The molecule has 0 fully saturated rings. The Bertz CT molecular complexity index is 286. The van der Waals surface area contributed by atoms with Crippen LogP contribution in [0.3, 0.4) is 0 Å². The maximum Gasteiger partial charge on any atom is 0.0929 e. The van der Waals surface area contributed by atoms with Crippen LogP contribution in [-0.4, -0.2) is 25.2 Å². The summed E-state index contributed by atoms with van der Waals surface area (Å²) in [5, 5.41) is 4.65. The van der Waals surface area contributed by atoms with E-state index in [9.17, 15) is 0 Å². The standard InChI is InChI=1S/C12H22N2OS/c1-10(2)7-13-8-11-9-14-12(16-11)5-4-6-15-3/h9-10,13H,4-8H2,1-3H3. The first-order chi connectivity index (χ1) is 7.72. The van der Waals surface area contributed by atoms with Gasteiger partial charge in [0.05, 0.1) is 5.01 Å². The van der Waals surface area contributed by atoms with E-state index in [1.165, 1.54) is 9.88 Å². The maximum atomic E-state index is 5.03. The second-order valence-corrected chi connectivity index (χ2v) is 5.54. The van der Waals surface area contributed by atoms with Crippen molar-refractivity contribution in [2.24, 2.45) is 5.92 Å². The first kappa shape index (κ1) is 13.6. The number of nitrogens with zero attached hydrogens (tertiary/aromatic N) is 1. The molecule has 0 radical (unpaired) electrons. The summed E-state index contributed by atoms with van der Waals surface area (Å²) in [5.41, 5.74) is 0. The van der Waals surface area contributed by atoms with Gasteiger partial charge >= 0.3 is 0 Å². The number of aryl methyl sites for hydroxylation is 1. The number of rotatable bonds is 8. The summed E-state index contributed by atoms with van der Waals surface area (Å²) in [6.07, 6.45) is 4.08. The molecule has 1 aromatic heterocycles. The van der Waals surface area contributed by atoms with Crippen molar-refractivity contribution in [3.05, 3.63) is 16.1 Å². The molecule has 1 heterocycles. The lowest BCUT2D eigenvalue weighted by Crippen LogP contribution is -2.18. The van der Waals surface area contributed by atoms with Crippen molar-refractivity contribution in [1.29, 1.82) is 0 Å². The van der Waals surface area contributed by atoms with Crippen LogP contribution in [0.25, 0.3) is 0 Å². The van der Waals surface area contributed by atoms with Gasteiger partial charge in [-0.2, -0.15) is 0 Å². The van der Waals surface area contributed by atoms with Crippen molar-refractivity contribution in [1.82, 2.24) is 10.3 Å². The van der Waals surface area contributed by atoms with E-state index in [1.807, 2.05) is 6.20 Å². The van der Waals surface area contributed by atoms with Gasteiger partial charge in [-0.25, -0.2) is 4.98 Å². The number of methoxy groups -OCH3 is 1. The molecule has 1 aromatic rings. The second kappa shape index (κ2) is 7.76. The Labute approximate surface area is 102 Å². The Morgan fingerprint density at radius 2 is 2.31 bits per heavy atom. The van der Waals surface area contributed by atoms with Crippen LogP contribution in [0.1, 0.15) is 30.2 Å². The summed E-state index contributed by atoms with van der Waals surface area (Å²) >= 11 is 1.81. The van der Waals surface area contributed by atoms with Crippen LogP contribution >= 0.6 is 11.3 Å². The smallest absolute Gasteiger partial charge is 0.0929 e. The molecule has 3 nitrogen and oxygen atoms in total. The van der Waals surface area contributed by atoms with Crippen LogP contribution in [0.15, 0.2) is 6.20 Å². The van der Waals surface area contributed by atoms with Crippen LogP contribution in [-0.2, 0) is 17.7 Å². The fraction of sp³-hybridized carbons (Fsp3) is 0.750. The zero-order valence-corrected chi connectivity index (χ0v) is 11.3. The van der Waals surface area contributed by atoms with E-state index in [-0.39, 0.29) is 0 Å². The van der Waals surface area contributed by atoms with E-state index in [1.54, 1.807) is 18.4 Å². The first-order valence-corrected chi connectivity index (χ1v) is 6.67. The van der Waals surface area contributed by atoms with Gasteiger partial charge in [-0.15, -0.1) is 11.3 Å². The third kappa shape index (κ3) is 5.58. The van der Waals surface area contributed by atoms with Gasteiger partial charge in [0.2, 0.25) is 0 Å². The van der Waals surface area contributed by atoms with Crippen LogP contribution in [0, 0.1) is 5.92 Å². The van der Waals surface area contributed by atoms with Gasteiger partial charge in [-0.1, -0.05) is 13.8 Å². The highest BCUT2D eigenvalue weighted by Crippen LogP contribution is 2.14. The van der Waals surface area contributed by atoms with Crippen molar-refractivity contribution in [3.8, 4) is 0 Å². The Hall–Kier alpha value is -0.450. The van der Waals surface area contributed by atoms with Crippen LogP contribution in [0.2, 0.25) is 0 Å². The molecule has 0 atom stereocenters. The van der Waals surface area contributed by atoms with Crippen molar-refractivity contribution in [2.75, 3.05) is 20.3 Å². The van der Waals surface area contributed by atoms with Gasteiger partial charge in [0.15, 0.2) is 0 Å². The lowest BCUT2D eigenvalue weighted by molar-refractivity contribution is 0.195. The normalized spacial score (nSPS) is 11.2. The summed E-state index contributed by atoms with van der Waals surface area (Å²) in [6, 6.07) is 0. The molecule has 1 N–H and O–H groups in total. The lowest BCUT2D eigenvalue weighted by atomic mass is 10.2. The maximum absolute atomic E-state index is 5.03. The molecule has 4 heteroatoms. The molecule has 92 valence electrons. The summed E-state index contributed by atoms with van der Waals surface area (Å²) in [6.45, 7) is 7.27. The zero-order chi connectivity index (χ0) is 11.8. The van der Waals surface area contributed by atoms with Gasteiger partial charge in [0.1, 0.15) is 0 Å². The molecule has 0 aliphatic rings. The molecule has 0 saturated heterocycles. The fourth-order valence-corrected chi connectivity index (χ4v) is 2.33. The van der Waals surface area contributed by atoms with E-state index in [0.29, 0.717) is 5.92 Å². The van der Waals surface area contributed by atoms with Gasteiger partial charge in [-0.3, -0.25) is 0 Å². The molecule has 0 saturated carbocycles. The third-order valence-corrected chi connectivity index (χ3v) is 3.25. The minimum absolute atomic E-state index is 0.703. The predicted molar refractivity (Wildman–Crippen MR) is 68.9 cm³/mol. The molecule has 0 aliphatic carbocycles. The van der Waals surface area contributed by atoms with Gasteiger partial charge in [0, 0.05) is 37.8 Å². The number of aromatic nitrogens is 1. The van der Waals surface area contributed by atoms with Crippen LogP contribution in [0.4, 0.5) is 0 Å². The SMILES string of the molecule is COCCCc1ncc(CNCC(C)C)s1. The number of hydrogen-bond donors (Lipinski definition) is 1. The van der Waals surface area contributed by atoms with Crippen molar-refractivity contribution >= 4 is 11.3 Å². The van der Waals surface area contributed by atoms with Crippen LogP contribution < -0.4 is 5.32 Å². The monoisotopic (exact) mass is 242 g/mol. The molecule has 0 unspecified atom stereocenters. The Morgan fingerprint density at radius 3 is 3.00 bits per heavy atom. The zero-order valence-electron chi connectivity index (χ0n) is 10.5. The first-order valence-electron chi connectivity index (χ1n) is 5.85. The number of ether oxygens (including phenoxy) is 1. The van der Waals surface area contributed by atoms with E-state index in [2.05, 4.69) is 24.1 Å². The Morgan fingerprint density at radius 1 is 1.50 bits per heavy atom. The second-order valence-electron chi connectivity index (χ2n) is 4.34. The number of hydrogen-bond acceptors (Lipinski definition) is 4. The summed E-state index contributed by atoms with van der Waals surface area (Å²) in [4.78, 5) is 5.74. The van der Waals surface area contributed by atoms with Gasteiger partial charge < -0.3 is 10.1 Å². The van der Waals surface area contributed by atoms with E-state index in [4.69, 9.17) is 4.74 Å². The fourth-order valence-electron chi connectivity index (χ4n) is 1.40. The van der Waals surface area contributed by atoms with Crippen LogP contribution in [0.5, 0.6) is 0 Å². The Balaban J connectivity index is 2.22. The van der Waals surface area contributed by atoms with Gasteiger partial charge in [0.25, 0.3) is 0 Å². The molecule has 0 amide bonds. The third-order valence-electron chi connectivity index (χ3n) is 2.19. The van der Waals surface area contributed by atoms with Crippen molar-refractivity contribution < 1.29 is 4.74 Å². The summed E-state index contributed by atoms with van der Waals surface area (Å²) in [7, 11) is 1.74. The average molecular weight is 242 g/mol. The minimum atomic E-state index is 0.703. The highest BCUT2D eigenvalue weighted by atomic mass is 32.1. The molecule has 0 aliphatic heterocycles.